The zero-order valence-corrected chi connectivity index (χ0v) is 11.4. The molecule has 1 aliphatic heterocycles. The Morgan fingerprint density at radius 3 is 3.28 bits per heavy atom. The first-order valence-corrected chi connectivity index (χ1v) is 7.25. The molecule has 1 fully saturated rings. The first-order chi connectivity index (χ1) is 8.76. The first kappa shape index (κ1) is 13.3. The molecule has 0 bridgehead atoms. The molecule has 1 atom stereocenters. The number of carbonyl (C=O) groups excluding carboxylic acids is 1. The van der Waals surface area contributed by atoms with Crippen molar-refractivity contribution in [3.63, 3.8) is 0 Å². The van der Waals surface area contributed by atoms with Crippen molar-refractivity contribution in [2.45, 2.75) is 32.2 Å². The Balaban J connectivity index is 2.03. The van der Waals surface area contributed by atoms with E-state index < -0.39 is 0 Å². The van der Waals surface area contributed by atoms with E-state index >= 15 is 0 Å². The van der Waals surface area contributed by atoms with Gasteiger partial charge >= 0.3 is 0 Å². The summed E-state index contributed by atoms with van der Waals surface area (Å²) in [5.41, 5.74) is 0.479. The molecule has 1 aromatic heterocycles. The number of aromatic nitrogens is 1. The van der Waals surface area contributed by atoms with Gasteiger partial charge in [0.05, 0.1) is 12.6 Å². The van der Waals surface area contributed by atoms with Gasteiger partial charge in [0.2, 0.25) is 0 Å². The van der Waals surface area contributed by atoms with Crippen LogP contribution in [0.4, 0.5) is 5.13 Å². The van der Waals surface area contributed by atoms with E-state index in [0.29, 0.717) is 12.2 Å². The third-order valence-corrected chi connectivity index (χ3v) is 3.97. The minimum atomic E-state index is -0.112. The van der Waals surface area contributed by atoms with Crippen LogP contribution in [0.5, 0.6) is 0 Å². The fraction of sp³-hybridized carbons (Fsp3) is 0.667. The molecule has 100 valence electrons. The number of aliphatic hydroxyl groups excluding tert-OH is 1. The number of hydrogen-bond donors (Lipinski definition) is 2. The number of nitrogens with one attached hydrogen (secondary N) is 1. The highest BCUT2D eigenvalue weighted by atomic mass is 32.1. The van der Waals surface area contributed by atoms with Gasteiger partial charge in [-0.05, 0) is 19.3 Å². The number of amides is 1. The Hall–Kier alpha value is -1.14. The molecule has 1 aliphatic rings. The number of thiazole rings is 1. The Morgan fingerprint density at radius 2 is 2.56 bits per heavy atom. The number of carbonyl (C=O) groups is 1. The van der Waals surface area contributed by atoms with Gasteiger partial charge in [0, 0.05) is 18.5 Å². The number of nitrogens with zero attached hydrogens (tertiary/aromatic N) is 2. The van der Waals surface area contributed by atoms with Crippen molar-refractivity contribution in [1.82, 2.24) is 10.3 Å². The van der Waals surface area contributed by atoms with Crippen LogP contribution in [-0.4, -0.2) is 41.7 Å². The molecular weight excluding hydrogens is 250 g/mol. The molecule has 1 saturated heterocycles. The van der Waals surface area contributed by atoms with Crippen molar-refractivity contribution < 1.29 is 9.90 Å². The topological polar surface area (TPSA) is 65.5 Å². The lowest BCUT2D eigenvalue weighted by Crippen LogP contribution is -2.32. The Labute approximate surface area is 111 Å². The minimum absolute atomic E-state index is 0.112. The molecular formula is C12H19N3O2S. The van der Waals surface area contributed by atoms with Crippen molar-refractivity contribution in [3.05, 3.63) is 11.1 Å². The normalized spacial score (nSPS) is 19.2. The van der Waals surface area contributed by atoms with Crippen LogP contribution in [0.15, 0.2) is 5.38 Å². The smallest absolute Gasteiger partial charge is 0.270 e. The first-order valence-electron chi connectivity index (χ1n) is 6.37. The van der Waals surface area contributed by atoms with Crippen LogP contribution in [0.25, 0.3) is 0 Å². The maximum absolute atomic E-state index is 11.7. The lowest BCUT2D eigenvalue weighted by atomic mass is 10.2. The molecule has 2 N–H and O–H groups in total. The zero-order valence-electron chi connectivity index (χ0n) is 10.6. The fourth-order valence-electron chi connectivity index (χ4n) is 2.11. The van der Waals surface area contributed by atoms with Gasteiger partial charge in [-0.2, -0.15) is 0 Å². The van der Waals surface area contributed by atoms with E-state index in [1.54, 1.807) is 5.38 Å². The third kappa shape index (κ3) is 2.81. The lowest BCUT2D eigenvalue weighted by molar-refractivity contribution is 0.0949. The number of anilines is 1. The monoisotopic (exact) mass is 269 g/mol. The van der Waals surface area contributed by atoms with E-state index in [9.17, 15) is 9.90 Å². The second-order valence-electron chi connectivity index (χ2n) is 4.44. The van der Waals surface area contributed by atoms with Gasteiger partial charge in [0.1, 0.15) is 5.69 Å². The molecule has 2 rings (SSSR count). The van der Waals surface area contributed by atoms with Crippen LogP contribution in [0.3, 0.4) is 0 Å². The maximum atomic E-state index is 11.7. The Kier molecular flexibility index (Phi) is 4.54. The fourth-order valence-corrected chi connectivity index (χ4v) is 3.01. The average molecular weight is 269 g/mol. The summed E-state index contributed by atoms with van der Waals surface area (Å²) in [6, 6.07) is 0.155. The summed E-state index contributed by atoms with van der Waals surface area (Å²) in [7, 11) is 0. The van der Waals surface area contributed by atoms with E-state index in [1.807, 2.05) is 6.92 Å². The lowest BCUT2D eigenvalue weighted by Gasteiger charge is -2.21. The van der Waals surface area contributed by atoms with Gasteiger partial charge in [0.25, 0.3) is 5.91 Å². The van der Waals surface area contributed by atoms with E-state index in [-0.39, 0.29) is 18.6 Å². The second kappa shape index (κ2) is 6.15. The summed E-state index contributed by atoms with van der Waals surface area (Å²) in [5, 5.41) is 14.7. The Bertz CT molecular complexity index is 408. The van der Waals surface area contributed by atoms with Gasteiger partial charge in [-0.25, -0.2) is 4.98 Å². The van der Waals surface area contributed by atoms with Gasteiger partial charge in [-0.3, -0.25) is 4.79 Å². The van der Waals surface area contributed by atoms with Gasteiger partial charge in [-0.15, -0.1) is 11.3 Å². The highest BCUT2D eigenvalue weighted by Gasteiger charge is 2.26. The van der Waals surface area contributed by atoms with Crippen molar-refractivity contribution >= 4 is 22.4 Å². The van der Waals surface area contributed by atoms with E-state index in [4.69, 9.17) is 0 Å². The van der Waals surface area contributed by atoms with Crippen LogP contribution in [-0.2, 0) is 0 Å². The number of aliphatic hydroxyl groups is 1. The highest BCUT2D eigenvalue weighted by Crippen LogP contribution is 2.28. The summed E-state index contributed by atoms with van der Waals surface area (Å²) in [5.74, 6) is -0.112. The van der Waals surface area contributed by atoms with Crippen molar-refractivity contribution in [2.75, 3.05) is 24.6 Å². The van der Waals surface area contributed by atoms with Crippen LogP contribution in [0, 0.1) is 0 Å². The van der Waals surface area contributed by atoms with Crippen molar-refractivity contribution in [2.24, 2.45) is 0 Å². The van der Waals surface area contributed by atoms with Crippen molar-refractivity contribution in [3.8, 4) is 0 Å². The molecule has 5 nitrogen and oxygen atoms in total. The van der Waals surface area contributed by atoms with E-state index in [2.05, 4.69) is 15.2 Å². The third-order valence-electron chi connectivity index (χ3n) is 3.09. The molecule has 18 heavy (non-hydrogen) atoms. The molecule has 0 saturated carbocycles. The number of hydrogen-bond acceptors (Lipinski definition) is 5. The van der Waals surface area contributed by atoms with Gasteiger partial charge < -0.3 is 15.3 Å². The van der Waals surface area contributed by atoms with E-state index in [1.165, 1.54) is 11.3 Å². The van der Waals surface area contributed by atoms with Crippen molar-refractivity contribution in [1.29, 1.82) is 0 Å². The van der Waals surface area contributed by atoms with Gasteiger partial charge in [-0.1, -0.05) is 6.92 Å². The van der Waals surface area contributed by atoms with Gasteiger partial charge in [0.15, 0.2) is 5.13 Å². The predicted octanol–water partition coefficient (Wildman–Crippen LogP) is 1.24. The van der Waals surface area contributed by atoms with Crippen LogP contribution in [0.2, 0.25) is 0 Å². The van der Waals surface area contributed by atoms with E-state index in [0.717, 1.165) is 30.9 Å². The summed E-state index contributed by atoms with van der Waals surface area (Å²) >= 11 is 1.47. The van der Waals surface area contributed by atoms with Crippen LogP contribution in [0.1, 0.15) is 36.7 Å². The molecule has 0 spiro atoms. The molecule has 0 aromatic carbocycles. The molecule has 0 aliphatic carbocycles. The average Bonchev–Trinajstić information content (AvgIpc) is 3.02. The summed E-state index contributed by atoms with van der Waals surface area (Å²) in [6.07, 6.45) is 2.98. The summed E-state index contributed by atoms with van der Waals surface area (Å²) in [6.45, 7) is 3.75. The predicted molar refractivity (Wildman–Crippen MR) is 72.2 cm³/mol. The zero-order chi connectivity index (χ0) is 13.0. The summed E-state index contributed by atoms with van der Waals surface area (Å²) in [4.78, 5) is 18.2. The molecule has 2 heterocycles. The molecule has 1 unspecified atom stereocenters. The largest absolute Gasteiger partial charge is 0.394 e. The quantitative estimate of drug-likeness (QED) is 0.844. The molecule has 6 heteroatoms. The SMILES string of the molecule is CCCNC(=O)c1csc(N2CCCC2CO)n1. The molecule has 1 amide bonds. The van der Waals surface area contributed by atoms with Crippen LogP contribution < -0.4 is 10.2 Å². The highest BCUT2D eigenvalue weighted by molar-refractivity contribution is 7.14. The second-order valence-corrected chi connectivity index (χ2v) is 5.28. The standard InChI is InChI=1S/C12H19N3O2S/c1-2-5-13-11(17)10-8-18-12(14-10)15-6-3-4-9(15)7-16/h8-9,16H,2-7H2,1H3,(H,13,17). The minimum Gasteiger partial charge on any atom is -0.394 e. The molecule has 0 radical (unpaired) electrons. The Morgan fingerprint density at radius 1 is 1.72 bits per heavy atom. The van der Waals surface area contributed by atoms with Crippen LogP contribution >= 0.6 is 11.3 Å². The molecule has 1 aromatic rings. The summed E-state index contributed by atoms with van der Waals surface area (Å²) < 4.78 is 0. The maximum Gasteiger partial charge on any atom is 0.270 e. The number of rotatable bonds is 5.